The van der Waals surface area contributed by atoms with E-state index in [4.69, 9.17) is 9.47 Å². The number of carbonyl (C=O) groups is 1. The quantitative estimate of drug-likeness (QED) is 0.486. The number of hydrogen-bond donors (Lipinski definition) is 0. The van der Waals surface area contributed by atoms with E-state index in [9.17, 15) is 13.2 Å². The predicted molar refractivity (Wildman–Crippen MR) is 119 cm³/mol. The van der Waals surface area contributed by atoms with Crippen molar-refractivity contribution >= 4 is 15.9 Å². The number of sulfonamides is 1. The fourth-order valence-corrected chi connectivity index (χ4v) is 4.56. The molecular formula is C22H25N5O5S. The van der Waals surface area contributed by atoms with Gasteiger partial charge in [-0.05, 0) is 36.4 Å². The smallest absolute Gasteiger partial charge is 0.243 e. The molecule has 0 spiro atoms. The number of carbonyl (C=O) groups excluding carboxylic acids is 1. The van der Waals surface area contributed by atoms with Gasteiger partial charge in [0.1, 0.15) is 31.1 Å². The summed E-state index contributed by atoms with van der Waals surface area (Å²) < 4.78 is 39.6. The van der Waals surface area contributed by atoms with Crippen LogP contribution in [-0.2, 0) is 19.6 Å². The van der Waals surface area contributed by atoms with Crippen LogP contribution in [0.25, 0.3) is 5.69 Å². The molecule has 0 bridgehead atoms. The first-order chi connectivity index (χ1) is 15.9. The zero-order valence-electron chi connectivity index (χ0n) is 18.1. The third-order valence-electron chi connectivity index (χ3n) is 5.26. The van der Waals surface area contributed by atoms with Gasteiger partial charge < -0.3 is 14.4 Å². The van der Waals surface area contributed by atoms with Crippen LogP contribution in [-0.4, -0.2) is 84.3 Å². The maximum atomic E-state index is 12.8. The highest BCUT2D eigenvalue weighted by Gasteiger charge is 2.29. The van der Waals surface area contributed by atoms with E-state index in [1.165, 1.54) is 25.5 Å². The minimum atomic E-state index is -3.73. The van der Waals surface area contributed by atoms with Gasteiger partial charge in [-0.3, -0.25) is 4.79 Å². The van der Waals surface area contributed by atoms with Gasteiger partial charge in [0, 0.05) is 13.6 Å². The molecule has 1 fully saturated rings. The zero-order chi connectivity index (χ0) is 23.3. The van der Waals surface area contributed by atoms with Crippen LogP contribution in [0.5, 0.6) is 5.75 Å². The normalized spacial score (nSPS) is 16.7. The van der Waals surface area contributed by atoms with Gasteiger partial charge in [0.2, 0.25) is 15.9 Å². The standard InChI is InChI=1S/C22H25N5O5S/c1-25(33(29,30)21-5-3-2-4-6-21)14-22(28)26-11-12-31-20(13-26)15-32-19-9-7-18(8-10-19)27-17-23-16-24-27/h2-10,16-17,20H,11-15H2,1H3. The van der Waals surface area contributed by atoms with Crippen LogP contribution in [0.1, 0.15) is 0 Å². The van der Waals surface area contributed by atoms with Crippen LogP contribution >= 0.6 is 0 Å². The average molecular weight is 472 g/mol. The van der Waals surface area contributed by atoms with Gasteiger partial charge in [0.05, 0.1) is 30.3 Å². The Bertz CT molecular complexity index is 1150. The van der Waals surface area contributed by atoms with Crippen molar-refractivity contribution in [1.82, 2.24) is 24.0 Å². The Balaban J connectivity index is 1.29. The van der Waals surface area contributed by atoms with Crippen molar-refractivity contribution in [2.24, 2.45) is 0 Å². The Morgan fingerprint density at radius 2 is 1.94 bits per heavy atom. The van der Waals surface area contributed by atoms with Crippen LogP contribution in [0, 0.1) is 0 Å². The van der Waals surface area contributed by atoms with Gasteiger partial charge in [0.25, 0.3) is 0 Å². The van der Waals surface area contributed by atoms with Crippen LogP contribution in [0.15, 0.2) is 72.1 Å². The summed E-state index contributed by atoms with van der Waals surface area (Å²) in [5.41, 5.74) is 0.861. The average Bonchev–Trinajstić information content (AvgIpc) is 3.39. The molecule has 2 aromatic carbocycles. The van der Waals surface area contributed by atoms with Gasteiger partial charge in [-0.25, -0.2) is 18.1 Å². The summed E-state index contributed by atoms with van der Waals surface area (Å²) in [6.07, 6.45) is 2.76. The molecule has 1 atom stereocenters. The largest absolute Gasteiger partial charge is 0.491 e. The SMILES string of the molecule is CN(CC(=O)N1CCOC(COc2ccc(-n3cncn3)cc2)C1)S(=O)(=O)c1ccccc1. The molecule has 1 saturated heterocycles. The number of nitrogens with zero attached hydrogens (tertiary/aromatic N) is 5. The summed E-state index contributed by atoms with van der Waals surface area (Å²) in [7, 11) is -2.33. The summed E-state index contributed by atoms with van der Waals surface area (Å²) >= 11 is 0. The van der Waals surface area contributed by atoms with Crippen LogP contribution in [0.4, 0.5) is 0 Å². The second-order valence-electron chi connectivity index (χ2n) is 7.55. The molecule has 0 aliphatic carbocycles. The number of ether oxygens (including phenoxy) is 2. The highest BCUT2D eigenvalue weighted by molar-refractivity contribution is 7.89. The molecule has 0 radical (unpaired) electrons. The minimum Gasteiger partial charge on any atom is -0.491 e. The lowest BCUT2D eigenvalue weighted by atomic mass is 10.2. The molecule has 2 heterocycles. The number of benzene rings is 2. The summed E-state index contributed by atoms with van der Waals surface area (Å²) in [5.74, 6) is 0.391. The van der Waals surface area contributed by atoms with E-state index in [-0.39, 0.29) is 30.1 Å². The lowest BCUT2D eigenvalue weighted by molar-refractivity contribution is -0.139. The van der Waals surface area contributed by atoms with Gasteiger partial charge in [-0.2, -0.15) is 9.40 Å². The minimum absolute atomic E-state index is 0.156. The molecule has 0 saturated carbocycles. The topological polar surface area (TPSA) is 107 Å². The Kier molecular flexibility index (Phi) is 7.02. The molecule has 0 N–H and O–H groups in total. The fourth-order valence-electron chi connectivity index (χ4n) is 3.42. The summed E-state index contributed by atoms with van der Waals surface area (Å²) in [6, 6.07) is 15.4. The van der Waals surface area contributed by atoms with Crippen molar-refractivity contribution in [3.63, 3.8) is 0 Å². The summed E-state index contributed by atoms with van der Waals surface area (Å²) in [6.45, 7) is 1.12. The molecule has 33 heavy (non-hydrogen) atoms. The molecule has 4 rings (SSSR count). The molecule has 1 aromatic heterocycles. The first-order valence-electron chi connectivity index (χ1n) is 10.4. The van der Waals surface area contributed by atoms with E-state index >= 15 is 0 Å². The van der Waals surface area contributed by atoms with E-state index in [0.717, 1.165) is 9.99 Å². The monoisotopic (exact) mass is 471 g/mol. The molecule has 1 aliphatic heterocycles. The molecule has 3 aromatic rings. The molecule has 1 amide bonds. The second-order valence-corrected chi connectivity index (χ2v) is 9.60. The van der Waals surface area contributed by atoms with E-state index in [1.807, 2.05) is 24.3 Å². The lowest BCUT2D eigenvalue weighted by Gasteiger charge is -2.33. The maximum Gasteiger partial charge on any atom is 0.243 e. The van der Waals surface area contributed by atoms with Gasteiger partial charge in [-0.15, -0.1) is 0 Å². The zero-order valence-corrected chi connectivity index (χ0v) is 19.0. The maximum absolute atomic E-state index is 12.8. The number of morpholine rings is 1. The second kappa shape index (κ2) is 10.1. The van der Waals surface area contributed by atoms with Crippen molar-refractivity contribution in [3.8, 4) is 11.4 Å². The Morgan fingerprint density at radius 1 is 1.18 bits per heavy atom. The first kappa shape index (κ1) is 22.9. The Morgan fingerprint density at radius 3 is 2.64 bits per heavy atom. The van der Waals surface area contributed by atoms with Crippen molar-refractivity contribution in [1.29, 1.82) is 0 Å². The predicted octanol–water partition coefficient (Wildman–Crippen LogP) is 1.19. The van der Waals surface area contributed by atoms with Gasteiger partial charge in [0.15, 0.2) is 0 Å². The third-order valence-corrected chi connectivity index (χ3v) is 7.07. The number of likely N-dealkylation sites (N-methyl/N-ethyl adjacent to an activating group) is 1. The van der Waals surface area contributed by atoms with E-state index in [1.54, 1.807) is 34.1 Å². The molecule has 10 nitrogen and oxygen atoms in total. The number of amides is 1. The highest BCUT2D eigenvalue weighted by atomic mass is 32.2. The van der Waals surface area contributed by atoms with Crippen molar-refractivity contribution in [2.75, 3.05) is 39.9 Å². The van der Waals surface area contributed by atoms with E-state index in [2.05, 4.69) is 10.1 Å². The number of rotatable bonds is 8. The van der Waals surface area contributed by atoms with Gasteiger partial charge >= 0.3 is 0 Å². The van der Waals surface area contributed by atoms with Gasteiger partial charge in [-0.1, -0.05) is 18.2 Å². The van der Waals surface area contributed by atoms with Crippen LogP contribution in [0.2, 0.25) is 0 Å². The van der Waals surface area contributed by atoms with Crippen molar-refractivity contribution in [2.45, 2.75) is 11.0 Å². The Labute approximate surface area is 192 Å². The molecule has 1 aliphatic rings. The van der Waals surface area contributed by atoms with Crippen molar-refractivity contribution in [3.05, 3.63) is 67.3 Å². The molecular weight excluding hydrogens is 446 g/mol. The Hall–Kier alpha value is -3.28. The molecule has 1 unspecified atom stereocenters. The van der Waals surface area contributed by atoms with Crippen molar-refractivity contribution < 1.29 is 22.7 Å². The van der Waals surface area contributed by atoms with E-state index < -0.39 is 10.0 Å². The van der Waals surface area contributed by atoms with Crippen LogP contribution in [0.3, 0.4) is 0 Å². The molecule has 174 valence electrons. The first-order valence-corrected chi connectivity index (χ1v) is 11.9. The summed E-state index contributed by atoms with van der Waals surface area (Å²) in [5, 5.41) is 4.08. The highest BCUT2D eigenvalue weighted by Crippen LogP contribution is 2.17. The summed E-state index contributed by atoms with van der Waals surface area (Å²) in [4.78, 5) is 18.5. The third kappa shape index (κ3) is 5.56. The van der Waals surface area contributed by atoms with Crippen LogP contribution < -0.4 is 4.74 Å². The lowest BCUT2D eigenvalue weighted by Crippen LogP contribution is -2.50. The fraction of sp³-hybridized carbons (Fsp3) is 0.318. The molecule has 11 heteroatoms. The number of aromatic nitrogens is 3. The number of hydrogen-bond acceptors (Lipinski definition) is 7. The van der Waals surface area contributed by atoms with E-state index in [0.29, 0.717) is 25.4 Å².